The molecule has 9 nitrogen and oxygen atoms in total. The summed E-state index contributed by atoms with van der Waals surface area (Å²) in [6.07, 6.45) is -3.95. The van der Waals surface area contributed by atoms with Crippen molar-refractivity contribution in [3.63, 3.8) is 0 Å². The molecule has 3 aliphatic rings. The molecule has 3 heterocycles. The average molecular weight is 623 g/mol. The molecule has 2 saturated heterocycles. The highest BCUT2D eigenvalue weighted by Gasteiger charge is 2.47. The molecule has 2 fully saturated rings. The number of likely N-dealkylation sites (tertiary alicyclic amines) is 1. The largest absolute Gasteiger partial charge is 0.573 e. The van der Waals surface area contributed by atoms with Gasteiger partial charge in [0, 0.05) is 36.2 Å². The molecule has 1 atom stereocenters. The van der Waals surface area contributed by atoms with Crippen molar-refractivity contribution in [1.29, 1.82) is 0 Å². The highest BCUT2D eigenvalue weighted by Crippen LogP contribution is 2.33. The standard InChI is InChI=1S/C29H30F4N4O5S/c1-18-14-21(26(38)36-10-6-22(30)17-36)15-19(2)24(18)7-13-43(40,41)37-11-8-28(9-12-37)27(39)34-25(35-28)20-4-3-5-23(16-20)42-29(31,32)33/h3-5,7,13-16,22H,6,8-12,17H2,1-2H3,(H,34,35,39). The monoisotopic (exact) mass is 622 g/mol. The van der Waals surface area contributed by atoms with Gasteiger partial charge in [0.1, 0.15) is 23.3 Å². The summed E-state index contributed by atoms with van der Waals surface area (Å²) in [6.45, 7) is 3.96. The number of alkyl halides is 4. The zero-order chi connectivity index (χ0) is 31.2. The van der Waals surface area contributed by atoms with Gasteiger partial charge in [0.2, 0.25) is 10.0 Å². The van der Waals surface area contributed by atoms with Crippen LogP contribution >= 0.6 is 0 Å². The summed E-state index contributed by atoms with van der Waals surface area (Å²) in [4.78, 5) is 31.6. The number of nitrogens with one attached hydrogen (secondary N) is 1. The number of hydrogen-bond acceptors (Lipinski definition) is 6. The number of aliphatic imine (C=N–C) groups is 1. The summed E-state index contributed by atoms with van der Waals surface area (Å²) in [5.41, 5.74) is 1.43. The Morgan fingerprint density at radius 3 is 2.40 bits per heavy atom. The van der Waals surface area contributed by atoms with Crippen LogP contribution in [0.2, 0.25) is 0 Å². The van der Waals surface area contributed by atoms with Crippen molar-refractivity contribution in [3.05, 3.63) is 69.6 Å². The van der Waals surface area contributed by atoms with Gasteiger partial charge in [0.15, 0.2) is 0 Å². The minimum atomic E-state index is -4.87. The molecule has 2 amide bonds. The van der Waals surface area contributed by atoms with Crippen LogP contribution in [0.1, 0.15) is 51.9 Å². The third-order valence-electron chi connectivity index (χ3n) is 7.90. The summed E-state index contributed by atoms with van der Waals surface area (Å²) >= 11 is 0. The van der Waals surface area contributed by atoms with Crippen molar-refractivity contribution in [2.45, 2.75) is 51.2 Å². The second-order valence-electron chi connectivity index (χ2n) is 10.9. The number of carbonyl (C=O) groups excluding carboxylic acids is 2. The number of sulfonamides is 1. The number of amidine groups is 1. The summed E-state index contributed by atoms with van der Waals surface area (Å²) in [7, 11) is -3.88. The smallest absolute Gasteiger partial charge is 0.406 e. The van der Waals surface area contributed by atoms with E-state index < -0.39 is 39.8 Å². The third kappa shape index (κ3) is 6.59. The highest BCUT2D eigenvalue weighted by molar-refractivity contribution is 7.92. The molecule has 0 aromatic heterocycles. The minimum Gasteiger partial charge on any atom is -0.406 e. The lowest BCUT2D eigenvalue weighted by molar-refractivity contribution is -0.274. The van der Waals surface area contributed by atoms with Crippen LogP contribution in [-0.2, 0) is 14.8 Å². The van der Waals surface area contributed by atoms with E-state index in [1.807, 2.05) is 0 Å². The Hall–Kier alpha value is -3.78. The van der Waals surface area contributed by atoms with Crippen molar-refractivity contribution >= 4 is 33.7 Å². The number of amides is 2. The van der Waals surface area contributed by atoms with Gasteiger partial charge in [0.25, 0.3) is 11.8 Å². The lowest BCUT2D eigenvalue weighted by Crippen LogP contribution is -2.50. The molecule has 0 aliphatic carbocycles. The maximum absolute atomic E-state index is 13.6. The van der Waals surface area contributed by atoms with E-state index in [2.05, 4.69) is 15.0 Å². The van der Waals surface area contributed by atoms with E-state index in [9.17, 15) is 35.6 Å². The molecule has 1 N–H and O–H groups in total. The molecule has 0 bridgehead atoms. The Bertz CT molecular complexity index is 1590. The number of hydrogen-bond donors (Lipinski definition) is 1. The Morgan fingerprint density at radius 1 is 1.12 bits per heavy atom. The maximum Gasteiger partial charge on any atom is 0.573 e. The van der Waals surface area contributed by atoms with Gasteiger partial charge in [-0.3, -0.25) is 14.6 Å². The lowest BCUT2D eigenvalue weighted by atomic mass is 9.89. The van der Waals surface area contributed by atoms with Gasteiger partial charge in [-0.2, -0.15) is 4.31 Å². The van der Waals surface area contributed by atoms with Gasteiger partial charge in [-0.1, -0.05) is 12.1 Å². The van der Waals surface area contributed by atoms with Gasteiger partial charge >= 0.3 is 6.36 Å². The normalized spacial score (nSPS) is 21.0. The predicted octanol–water partition coefficient (Wildman–Crippen LogP) is 4.10. The fraction of sp³-hybridized carbons (Fsp3) is 0.414. The second kappa shape index (κ2) is 11.4. The van der Waals surface area contributed by atoms with Crippen LogP contribution in [0.3, 0.4) is 0 Å². The number of halogens is 4. The Kier molecular flexibility index (Phi) is 8.11. The number of benzene rings is 2. The molecule has 14 heteroatoms. The van der Waals surface area contributed by atoms with Crippen LogP contribution in [0, 0.1) is 13.8 Å². The van der Waals surface area contributed by atoms with E-state index in [0.717, 1.165) is 17.5 Å². The van der Waals surface area contributed by atoms with Crippen LogP contribution < -0.4 is 10.1 Å². The van der Waals surface area contributed by atoms with Crippen LogP contribution in [-0.4, -0.2) is 79.5 Å². The van der Waals surface area contributed by atoms with Gasteiger partial charge in [-0.15, -0.1) is 13.2 Å². The fourth-order valence-electron chi connectivity index (χ4n) is 5.63. The summed E-state index contributed by atoms with van der Waals surface area (Å²) in [5, 5.41) is 3.70. The second-order valence-corrected chi connectivity index (χ2v) is 12.7. The van der Waals surface area contributed by atoms with E-state index in [1.54, 1.807) is 26.0 Å². The molecule has 5 rings (SSSR count). The Labute approximate surface area is 246 Å². The molecule has 43 heavy (non-hydrogen) atoms. The zero-order valence-corrected chi connectivity index (χ0v) is 24.3. The zero-order valence-electron chi connectivity index (χ0n) is 23.4. The summed E-state index contributed by atoms with van der Waals surface area (Å²) in [5.74, 6) is -1.07. The molecule has 1 spiro atoms. The quantitative estimate of drug-likeness (QED) is 0.489. The summed E-state index contributed by atoms with van der Waals surface area (Å²) in [6, 6.07) is 8.42. The van der Waals surface area contributed by atoms with Crippen LogP contribution in [0.4, 0.5) is 17.6 Å². The molecule has 3 aliphatic heterocycles. The van der Waals surface area contributed by atoms with E-state index in [4.69, 9.17) is 0 Å². The van der Waals surface area contributed by atoms with Crippen LogP contribution in [0.5, 0.6) is 5.75 Å². The van der Waals surface area contributed by atoms with Crippen molar-refractivity contribution in [3.8, 4) is 5.75 Å². The van der Waals surface area contributed by atoms with E-state index >= 15 is 0 Å². The number of ether oxygens (including phenoxy) is 1. The molecular weight excluding hydrogens is 592 g/mol. The van der Waals surface area contributed by atoms with Gasteiger partial charge in [-0.05, 0) is 80.1 Å². The average Bonchev–Trinajstić information content (AvgIpc) is 3.50. The van der Waals surface area contributed by atoms with Crippen LogP contribution in [0.15, 0.2) is 46.8 Å². The number of piperidine rings is 1. The first-order chi connectivity index (χ1) is 20.2. The molecule has 2 aromatic carbocycles. The topological polar surface area (TPSA) is 108 Å². The van der Waals surface area contributed by atoms with Gasteiger partial charge < -0.3 is 15.0 Å². The molecule has 1 unspecified atom stereocenters. The first-order valence-electron chi connectivity index (χ1n) is 13.7. The van der Waals surface area contributed by atoms with E-state index in [0.29, 0.717) is 35.2 Å². The highest BCUT2D eigenvalue weighted by atomic mass is 32.2. The Balaban J connectivity index is 1.26. The predicted molar refractivity (Wildman–Crippen MR) is 151 cm³/mol. The molecule has 230 valence electrons. The van der Waals surface area contributed by atoms with Crippen molar-refractivity contribution in [2.75, 3.05) is 26.2 Å². The number of aryl methyl sites for hydroxylation is 2. The minimum absolute atomic E-state index is 0.00486. The SMILES string of the molecule is Cc1cc(C(=O)N2CCC(F)C2)cc(C)c1C=CS(=O)(=O)N1CCC2(CC1)N=C(c1cccc(OC(F)(F)F)c1)NC2=O. The van der Waals surface area contributed by atoms with E-state index in [-0.39, 0.29) is 49.8 Å². The molecule has 0 saturated carbocycles. The molecule has 2 aromatic rings. The molecular formula is C29H30F4N4O5S. The first-order valence-corrected chi connectivity index (χ1v) is 15.2. The van der Waals surface area contributed by atoms with Crippen molar-refractivity contribution in [2.24, 2.45) is 4.99 Å². The molecule has 0 radical (unpaired) electrons. The number of rotatable bonds is 6. The van der Waals surface area contributed by atoms with Crippen LogP contribution in [0.25, 0.3) is 6.08 Å². The van der Waals surface area contributed by atoms with Crippen molar-refractivity contribution in [1.82, 2.24) is 14.5 Å². The fourth-order valence-corrected chi connectivity index (χ4v) is 6.80. The first kappa shape index (κ1) is 30.7. The Morgan fingerprint density at radius 2 is 1.79 bits per heavy atom. The third-order valence-corrected chi connectivity index (χ3v) is 9.46. The number of carbonyl (C=O) groups is 2. The number of nitrogens with zero attached hydrogens (tertiary/aromatic N) is 3. The summed E-state index contributed by atoms with van der Waals surface area (Å²) < 4.78 is 83.0. The lowest BCUT2D eigenvalue weighted by Gasteiger charge is -2.34. The van der Waals surface area contributed by atoms with Gasteiger partial charge in [-0.25, -0.2) is 12.8 Å². The van der Waals surface area contributed by atoms with Crippen molar-refractivity contribution < 1.29 is 40.3 Å². The maximum atomic E-state index is 13.6. The van der Waals surface area contributed by atoms with Gasteiger partial charge in [0.05, 0.1) is 6.54 Å². The van der Waals surface area contributed by atoms with E-state index in [1.165, 1.54) is 27.4 Å².